The summed E-state index contributed by atoms with van der Waals surface area (Å²) < 4.78 is 9.67. The molecule has 1 saturated heterocycles. The Morgan fingerprint density at radius 3 is 2.85 bits per heavy atom. The highest BCUT2D eigenvalue weighted by atomic mass is 16.6. The maximum atomic E-state index is 11.3. The molecule has 0 unspecified atom stereocenters. The molecule has 0 N–H and O–H groups in total. The van der Waals surface area contributed by atoms with E-state index in [4.69, 9.17) is 4.74 Å². The fourth-order valence-corrected chi connectivity index (χ4v) is 0.936. The van der Waals surface area contributed by atoms with Crippen molar-refractivity contribution in [1.29, 1.82) is 0 Å². The Kier molecular flexibility index (Phi) is 3.25. The summed E-state index contributed by atoms with van der Waals surface area (Å²) in [4.78, 5) is 23.2. The molecule has 1 rings (SSSR count). The Bertz CT molecular complexity index is 214. The Morgan fingerprint density at radius 1 is 1.69 bits per heavy atom. The zero-order chi connectivity index (χ0) is 9.84. The Hall–Kier alpha value is -1.10. The summed E-state index contributed by atoms with van der Waals surface area (Å²) in [5, 5.41) is 0. The molecule has 2 amide bonds. The highest BCUT2D eigenvalue weighted by Crippen LogP contribution is 2.04. The highest BCUT2D eigenvalue weighted by Gasteiger charge is 2.28. The van der Waals surface area contributed by atoms with E-state index in [1.54, 1.807) is 0 Å². The summed E-state index contributed by atoms with van der Waals surface area (Å²) in [5.41, 5.74) is 0. The van der Waals surface area contributed by atoms with E-state index < -0.39 is 6.09 Å². The van der Waals surface area contributed by atoms with Gasteiger partial charge < -0.3 is 9.47 Å². The number of carbonyl (C=O) groups excluding carboxylic acids is 2. The highest BCUT2D eigenvalue weighted by molar-refractivity contribution is 5.93. The summed E-state index contributed by atoms with van der Waals surface area (Å²) >= 11 is 0. The molecule has 0 saturated carbocycles. The molecular formula is C8H13NO4. The van der Waals surface area contributed by atoms with Gasteiger partial charge in [0.05, 0.1) is 12.6 Å². The summed E-state index contributed by atoms with van der Waals surface area (Å²) in [7, 11) is 0. The number of carbonyl (C=O) groups is 2. The molecule has 0 bridgehead atoms. The molecule has 0 atom stereocenters. The second-order valence-electron chi connectivity index (χ2n) is 3.02. The molecule has 5 heteroatoms. The van der Waals surface area contributed by atoms with Crippen LogP contribution in [0.15, 0.2) is 0 Å². The smallest absolute Gasteiger partial charge is 0.416 e. The van der Waals surface area contributed by atoms with E-state index in [1.807, 2.05) is 13.8 Å². The lowest BCUT2D eigenvalue weighted by Gasteiger charge is -2.12. The van der Waals surface area contributed by atoms with Gasteiger partial charge in [-0.15, -0.1) is 0 Å². The topological polar surface area (TPSA) is 55.8 Å². The molecule has 0 aliphatic carbocycles. The average Bonchev–Trinajstić information content (AvgIpc) is 2.47. The van der Waals surface area contributed by atoms with Crippen LogP contribution in [0, 0.1) is 0 Å². The number of amides is 2. The Labute approximate surface area is 76.6 Å². The molecular weight excluding hydrogens is 174 g/mol. The lowest BCUT2D eigenvalue weighted by atomic mass is 10.4. The van der Waals surface area contributed by atoms with Crippen molar-refractivity contribution in [3.63, 3.8) is 0 Å². The Balaban J connectivity index is 2.34. The van der Waals surface area contributed by atoms with Crippen molar-refractivity contribution in [3.8, 4) is 0 Å². The first kappa shape index (κ1) is 9.98. The van der Waals surface area contributed by atoms with Crippen LogP contribution in [0.3, 0.4) is 0 Å². The molecule has 1 heterocycles. The van der Waals surface area contributed by atoms with Crippen molar-refractivity contribution in [2.75, 3.05) is 19.8 Å². The first-order valence-electron chi connectivity index (χ1n) is 4.20. The van der Waals surface area contributed by atoms with Gasteiger partial charge in [-0.25, -0.2) is 9.69 Å². The number of cyclic esters (lactones) is 1. The molecule has 0 spiro atoms. The van der Waals surface area contributed by atoms with Gasteiger partial charge in [0.25, 0.3) is 5.91 Å². The number of ether oxygens (including phenoxy) is 2. The fourth-order valence-electron chi connectivity index (χ4n) is 0.936. The van der Waals surface area contributed by atoms with Crippen LogP contribution in [0.4, 0.5) is 4.79 Å². The van der Waals surface area contributed by atoms with Crippen LogP contribution in [-0.4, -0.2) is 42.8 Å². The third-order valence-corrected chi connectivity index (χ3v) is 1.60. The van der Waals surface area contributed by atoms with Crippen LogP contribution >= 0.6 is 0 Å². The Morgan fingerprint density at radius 2 is 2.38 bits per heavy atom. The first-order valence-corrected chi connectivity index (χ1v) is 4.20. The van der Waals surface area contributed by atoms with Crippen LogP contribution < -0.4 is 0 Å². The fraction of sp³-hybridized carbons (Fsp3) is 0.750. The van der Waals surface area contributed by atoms with Crippen LogP contribution in [0.25, 0.3) is 0 Å². The van der Waals surface area contributed by atoms with Gasteiger partial charge in [-0.05, 0) is 13.8 Å². The van der Waals surface area contributed by atoms with Gasteiger partial charge in [0, 0.05) is 0 Å². The lowest BCUT2D eigenvalue weighted by molar-refractivity contribution is -0.134. The third-order valence-electron chi connectivity index (χ3n) is 1.60. The molecule has 0 aromatic rings. The summed E-state index contributed by atoms with van der Waals surface area (Å²) in [6, 6.07) is 0. The monoisotopic (exact) mass is 187 g/mol. The van der Waals surface area contributed by atoms with Crippen LogP contribution in [-0.2, 0) is 14.3 Å². The minimum absolute atomic E-state index is 0.0115. The largest absolute Gasteiger partial charge is 0.447 e. The van der Waals surface area contributed by atoms with Gasteiger partial charge >= 0.3 is 6.09 Å². The number of hydrogen-bond acceptors (Lipinski definition) is 4. The van der Waals surface area contributed by atoms with Crippen molar-refractivity contribution >= 4 is 12.0 Å². The average molecular weight is 187 g/mol. The molecule has 1 fully saturated rings. The van der Waals surface area contributed by atoms with Crippen LogP contribution in [0.1, 0.15) is 13.8 Å². The number of rotatable bonds is 3. The zero-order valence-corrected chi connectivity index (χ0v) is 7.78. The second kappa shape index (κ2) is 4.23. The van der Waals surface area contributed by atoms with E-state index in [2.05, 4.69) is 4.74 Å². The predicted molar refractivity (Wildman–Crippen MR) is 44.1 cm³/mol. The van der Waals surface area contributed by atoms with Gasteiger partial charge in [-0.1, -0.05) is 0 Å². The minimum atomic E-state index is -0.572. The van der Waals surface area contributed by atoms with Gasteiger partial charge in [0.1, 0.15) is 13.2 Å². The summed E-state index contributed by atoms with van der Waals surface area (Å²) in [6.45, 7) is 4.21. The van der Waals surface area contributed by atoms with Gasteiger partial charge in [0.15, 0.2) is 0 Å². The van der Waals surface area contributed by atoms with E-state index in [0.29, 0.717) is 6.54 Å². The van der Waals surface area contributed by atoms with Gasteiger partial charge in [-0.2, -0.15) is 0 Å². The maximum absolute atomic E-state index is 11.3. The van der Waals surface area contributed by atoms with Gasteiger partial charge in [0.2, 0.25) is 0 Å². The maximum Gasteiger partial charge on any atom is 0.416 e. The summed E-state index contributed by atoms with van der Waals surface area (Å²) in [6.07, 6.45) is -0.583. The van der Waals surface area contributed by atoms with Crippen LogP contribution in [0.2, 0.25) is 0 Å². The lowest BCUT2D eigenvalue weighted by Crippen LogP contribution is -2.35. The molecule has 1 aliphatic rings. The zero-order valence-electron chi connectivity index (χ0n) is 7.78. The molecule has 0 aromatic heterocycles. The molecule has 13 heavy (non-hydrogen) atoms. The second-order valence-corrected chi connectivity index (χ2v) is 3.02. The molecule has 0 radical (unpaired) electrons. The number of nitrogens with zero attached hydrogens (tertiary/aromatic N) is 1. The standard InChI is InChI=1S/C8H13NO4/c1-6(2)13-5-7(10)9-3-4-12-8(9)11/h6H,3-5H2,1-2H3. The minimum Gasteiger partial charge on any atom is -0.447 e. The molecule has 0 aromatic carbocycles. The molecule has 5 nitrogen and oxygen atoms in total. The van der Waals surface area contributed by atoms with E-state index in [1.165, 1.54) is 0 Å². The van der Waals surface area contributed by atoms with E-state index in [0.717, 1.165) is 4.90 Å². The summed E-state index contributed by atoms with van der Waals surface area (Å²) in [5.74, 6) is -0.337. The first-order chi connectivity index (χ1) is 6.11. The molecule has 74 valence electrons. The van der Waals surface area contributed by atoms with E-state index in [-0.39, 0.29) is 25.2 Å². The van der Waals surface area contributed by atoms with Crippen molar-refractivity contribution in [2.45, 2.75) is 20.0 Å². The van der Waals surface area contributed by atoms with Crippen molar-refractivity contribution in [3.05, 3.63) is 0 Å². The normalized spacial score (nSPS) is 16.5. The van der Waals surface area contributed by atoms with Crippen molar-refractivity contribution < 1.29 is 19.1 Å². The SMILES string of the molecule is CC(C)OCC(=O)N1CCOC1=O. The quantitative estimate of drug-likeness (QED) is 0.641. The predicted octanol–water partition coefficient (Wildman–Crippen LogP) is 0.390. The van der Waals surface area contributed by atoms with E-state index in [9.17, 15) is 9.59 Å². The van der Waals surface area contributed by atoms with Crippen LogP contribution in [0.5, 0.6) is 0 Å². The third kappa shape index (κ3) is 2.69. The van der Waals surface area contributed by atoms with Crippen molar-refractivity contribution in [1.82, 2.24) is 4.90 Å². The number of imide groups is 1. The van der Waals surface area contributed by atoms with Gasteiger partial charge in [-0.3, -0.25) is 4.79 Å². The van der Waals surface area contributed by atoms with Crippen molar-refractivity contribution in [2.24, 2.45) is 0 Å². The number of hydrogen-bond donors (Lipinski definition) is 0. The van der Waals surface area contributed by atoms with E-state index >= 15 is 0 Å². The molecule has 1 aliphatic heterocycles.